The molecule has 254 valence electrons. The van der Waals surface area contributed by atoms with Gasteiger partial charge in [0.15, 0.2) is 0 Å². The van der Waals surface area contributed by atoms with Gasteiger partial charge in [0.25, 0.3) is 11.8 Å². The first-order valence-electron chi connectivity index (χ1n) is 14.6. The Morgan fingerprint density at radius 3 is 1.68 bits per heavy atom. The highest BCUT2D eigenvalue weighted by Crippen LogP contribution is 2.34. The van der Waals surface area contributed by atoms with E-state index in [1.54, 1.807) is 24.5 Å². The molecule has 0 spiro atoms. The standard InChI is InChI=1S/C34H40N6O4.3ClH/c1-22(21-42)35-17-25-11-13-31(36-18-25)33(43)38-29-9-5-7-27(23(29)2)28-8-6-10-30(24(28)3)39-34(44)32-14-12-26(19-37-32)20-40(4)15-16-41;;;/h5-14,18-19,22,35,41-42H,15-17,20-21H2,1-4H3,(H,38,43)(H,39,44);3*1H/t22-;;;/m0.../s1. The van der Waals surface area contributed by atoms with Crippen molar-refractivity contribution in [1.29, 1.82) is 0 Å². The van der Waals surface area contributed by atoms with Crippen LogP contribution in [0.4, 0.5) is 11.4 Å². The topological polar surface area (TPSA) is 140 Å². The maximum atomic E-state index is 13.0. The van der Waals surface area contributed by atoms with E-state index in [0.29, 0.717) is 42.4 Å². The minimum absolute atomic E-state index is 0. The van der Waals surface area contributed by atoms with Gasteiger partial charge in [-0.05, 0) is 85.5 Å². The predicted octanol–water partition coefficient (Wildman–Crippen LogP) is 5.42. The molecule has 4 rings (SSSR count). The molecule has 5 N–H and O–H groups in total. The number of benzene rings is 2. The third-order valence-corrected chi connectivity index (χ3v) is 7.43. The van der Waals surface area contributed by atoms with Crippen molar-refractivity contribution >= 4 is 60.4 Å². The van der Waals surface area contributed by atoms with E-state index in [-0.39, 0.29) is 68.3 Å². The van der Waals surface area contributed by atoms with Crippen molar-refractivity contribution in [3.8, 4) is 11.1 Å². The smallest absolute Gasteiger partial charge is 0.274 e. The summed E-state index contributed by atoms with van der Waals surface area (Å²) in [4.78, 5) is 36.7. The second kappa shape index (κ2) is 19.9. The highest BCUT2D eigenvalue weighted by molar-refractivity contribution is 6.05. The molecule has 0 aliphatic carbocycles. The van der Waals surface area contributed by atoms with E-state index in [1.165, 1.54) is 0 Å². The average molecular weight is 706 g/mol. The van der Waals surface area contributed by atoms with Gasteiger partial charge >= 0.3 is 0 Å². The number of carbonyl (C=O) groups excluding carboxylic acids is 2. The number of pyridine rings is 2. The first-order chi connectivity index (χ1) is 21.2. The van der Waals surface area contributed by atoms with Crippen molar-refractivity contribution in [1.82, 2.24) is 20.2 Å². The van der Waals surface area contributed by atoms with Gasteiger partial charge in [-0.1, -0.05) is 36.4 Å². The first-order valence-corrected chi connectivity index (χ1v) is 14.6. The molecule has 0 saturated carbocycles. The number of amides is 2. The summed E-state index contributed by atoms with van der Waals surface area (Å²) in [7, 11) is 1.91. The van der Waals surface area contributed by atoms with Crippen molar-refractivity contribution < 1.29 is 19.8 Å². The lowest BCUT2D eigenvalue weighted by Crippen LogP contribution is -2.28. The SMILES string of the molecule is Cc1c(NC(=O)c2ccc(CN[C@@H](C)CO)cn2)cccc1-c1cccc(NC(=O)c2ccc(CN(C)CCO)cn2)c1C.Cl.Cl.Cl. The Kier molecular flexibility index (Phi) is 17.5. The Hall–Kier alpha value is -3.61. The van der Waals surface area contributed by atoms with Crippen LogP contribution < -0.4 is 16.0 Å². The van der Waals surface area contributed by atoms with Gasteiger partial charge in [-0.25, -0.2) is 0 Å². The number of halogens is 3. The van der Waals surface area contributed by atoms with E-state index in [1.807, 2.05) is 81.2 Å². The number of nitrogens with zero attached hydrogens (tertiary/aromatic N) is 3. The minimum atomic E-state index is -0.315. The molecule has 0 bridgehead atoms. The number of aromatic nitrogens is 2. The molecule has 0 fully saturated rings. The molecule has 2 aromatic heterocycles. The van der Waals surface area contributed by atoms with Gasteiger partial charge in [0.05, 0.1) is 13.2 Å². The fourth-order valence-electron chi connectivity index (χ4n) is 4.73. The molecule has 13 heteroatoms. The molecule has 0 saturated heterocycles. The van der Waals surface area contributed by atoms with Crippen LogP contribution in [0.2, 0.25) is 0 Å². The third-order valence-electron chi connectivity index (χ3n) is 7.43. The lowest BCUT2D eigenvalue weighted by Gasteiger charge is -2.17. The summed E-state index contributed by atoms with van der Waals surface area (Å²) in [5.74, 6) is -0.625. The molecular formula is C34H43Cl3N6O4. The summed E-state index contributed by atoms with van der Waals surface area (Å²) in [6, 6.07) is 18.5. The van der Waals surface area contributed by atoms with Gasteiger partial charge in [0, 0.05) is 49.4 Å². The van der Waals surface area contributed by atoms with Crippen LogP contribution in [0.1, 0.15) is 50.2 Å². The molecule has 0 radical (unpaired) electrons. The molecule has 4 aromatic rings. The Morgan fingerprint density at radius 1 is 0.766 bits per heavy atom. The van der Waals surface area contributed by atoms with Crippen molar-refractivity contribution in [3.63, 3.8) is 0 Å². The summed E-state index contributed by atoms with van der Waals surface area (Å²) >= 11 is 0. The van der Waals surface area contributed by atoms with Crippen LogP contribution >= 0.6 is 37.2 Å². The van der Waals surface area contributed by atoms with Gasteiger partial charge in [-0.2, -0.15) is 0 Å². The quantitative estimate of drug-likeness (QED) is 0.124. The van der Waals surface area contributed by atoms with Crippen LogP contribution in [-0.4, -0.2) is 69.7 Å². The fourth-order valence-corrected chi connectivity index (χ4v) is 4.73. The first kappa shape index (κ1) is 41.4. The van der Waals surface area contributed by atoms with E-state index < -0.39 is 0 Å². The molecule has 2 heterocycles. The van der Waals surface area contributed by atoms with E-state index >= 15 is 0 Å². The Labute approximate surface area is 294 Å². The average Bonchev–Trinajstić information content (AvgIpc) is 3.02. The van der Waals surface area contributed by atoms with Crippen molar-refractivity contribution in [2.24, 2.45) is 0 Å². The maximum Gasteiger partial charge on any atom is 0.274 e. The number of carbonyl (C=O) groups is 2. The van der Waals surface area contributed by atoms with Crippen LogP contribution in [0.25, 0.3) is 11.1 Å². The number of rotatable bonds is 13. The number of likely N-dealkylation sites (N-methyl/N-ethyl adjacent to an activating group) is 1. The largest absolute Gasteiger partial charge is 0.395 e. The Morgan fingerprint density at radius 2 is 1.26 bits per heavy atom. The monoisotopic (exact) mass is 704 g/mol. The van der Waals surface area contributed by atoms with Crippen LogP contribution in [0.15, 0.2) is 73.1 Å². The summed E-state index contributed by atoms with van der Waals surface area (Å²) < 4.78 is 0. The van der Waals surface area contributed by atoms with E-state index in [4.69, 9.17) is 5.11 Å². The van der Waals surface area contributed by atoms with Crippen molar-refractivity contribution in [3.05, 3.63) is 107 Å². The number of aliphatic hydroxyl groups is 2. The molecule has 10 nitrogen and oxygen atoms in total. The van der Waals surface area contributed by atoms with E-state index in [0.717, 1.165) is 33.4 Å². The summed E-state index contributed by atoms with van der Waals surface area (Å²) in [6.45, 7) is 7.64. The van der Waals surface area contributed by atoms with Crippen molar-refractivity contribution in [2.75, 3.05) is 37.4 Å². The Balaban J connectivity index is 0.00000368. The highest BCUT2D eigenvalue weighted by Gasteiger charge is 2.16. The lowest BCUT2D eigenvalue weighted by molar-refractivity contribution is 0.101. The molecule has 2 aromatic carbocycles. The fraction of sp³-hybridized carbons (Fsp3) is 0.294. The minimum Gasteiger partial charge on any atom is -0.395 e. The second-order valence-electron chi connectivity index (χ2n) is 10.9. The zero-order valence-electron chi connectivity index (χ0n) is 26.8. The van der Waals surface area contributed by atoms with Gasteiger partial charge in [-0.15, -0.1) is 37.2 Å². The summed E-state index contributed by atoms with van der Waals surface area (Å²) in [5, 5.41) is 27.4. The highest BCUT2D eigenvalue weighted by atomic mass is 35.5. The number of anilines is 2. The van der Waals surface area contributed by atoms with Gasteiger partial charge in [0.1, 0.15) is 11.4 Å². The van der Waals surface area contributed by atoms with Crippen LogP contribution in [0.5, 0.6) is 0 Å². The normalized spacial score (nSPS) is 11.0. The zero-order valence-corrected chi connectivity index (χ0v) is 29.3. The molecule has 1 atom stereocenters. The second-order valence-corrected chi connectivity index (χ2v) is 10.9. The van der Waals surface area contributed by atoms with Crippen molar-refractivity contribution in [2.45, 2.75) is 39.9 Å². The molecule has 0 aliphatic heterocycles. The number of hydrogen-bond donors (Lipinski definition) is 5. The van der Waals surface area contributed by atoms with E-state index in [2.05, 4.69) is 25.9 Å². The predicted molar refractivity (Wildman–Crippen MR) is 194 cm³/mol. The molecule has 0 unspecified atom stereocenters. The van der Waals surface area contributed by atoms with Crippen LogP contribution in [0, 0.1) is 13.8 Å². The number of hydrogen-bond acceptors (Lipinski definition) is 8. The lowest BCUT2D eigenvalue weighted by atomic mass is 9.94. The third kappa shape index (κ3) is 11.3. The van der Waals surface area contributed by atoms with Crippen LogP contribution in [-0.2, 0) is 13.1 Å². The number of aliphatic hydroxyl groups excluding tert-OH is 2. The molecular weight excluding hydrogens is 663 g/mol. The molecule has 2 amide bonds. The maximum absolute atomic E-state index is 13.0. The van der Waals surface area contributed by atoms with E-state index in [9.17, 15) is 14.7 Å². The molecule has 0 aliphatic rings. The van der Waals surface area contributed by atoms with Gasteiger partial charge < -0.3 is 26.2 Å². The van der Waals surface area contributed by atoms with Gasteiger partial charge in [-0.3, -0.25) is 24.5 Å². The van der Waals surface area contributed by atoms with Crippen LogP contribution in [0.3, 0.4) is 0 Å². The Bertz CT molecular complexity index is 1590. The molecule has 47 heavy (non-hydrogen) atoms. The number of nitrogens with one attached hydrogen (secondary N) is 3. The summed E-state index contributed by atoms with van der Waals surface area (Å²) in [6.07, 6.45) is 3.33. The summed E-state index contributed by atoms with van der Waals surface area (Å²) in [5.41, 5.74) is 7.43. The van der Waals surface area contributed by atoms with Gasteiger partial charge in [0.2, 0.25) is 0 Å². The zero-order chi connectivity index (χ0) is 31.6.